The van der Waals surface area contributed by atoms with E-state index in [0.717, 1.165) is 33.5 Å². The van der Waals surface area contributed by atoms with Crippen molar-refractivity contribution in [2.75, 3.05) is 18.1 Å². The molecule has 1 aliphatic heterocycles. The lowest BCUT2D eigenvalue weighted by atomic mass is 9.86. The minimum Gasteiger partial charge on any atom is -0.490 e. The average molecular weight is 450 g/mol. The molecule has 0 aliphatic carbocycles. The van der Waals surface area contributed by atoms with E-state index in [1.54, 1.807) is 0 Å². The Morgan fingerprint density at radius 1 is 0.969 bits per heavy atom. The molecule has 3 aromatic carbocycles. The van der Waals surface area contributed by atoms with Gasteiger partial charge in [0.15, 0.2) is 11.5 Å². The van der Waals surface area contributed by atoms with Gasteiger partial charge in [-0.05, 0) is 74.2 Å². The number of fused-ring (bicyclic) bond motifs is 1. The Kier molecular flexibility index (Phi) is 6.43. The van der Waals surface area contributed by atoms with Crippen molar-refractivity contribution in [1.29, 1.82) is 0 Å². The standard InChI is InChI=1S/C27H28ClNO3/c1-5-31-24-13-20-14-26(30)29(21-11-10-18(4)23(28)15-21)27(19-9-7-8-17(3)12-19)22(20)16-25(24)32-6-2/h7-13,15-16,27H,5-6,14H2,1-4H3. The molecular formula is C27H28ClNO3. The summed E-state index contributed by atoms with van der Waals surface area (Å²) in [7, 11) is 0. The Morgan fingerprint density at radius 3 is 2.34 bits per heavy atom. The fourth-order valence-corrected chi connectivity index (χ4v) is 4.46. The zero-order chi connectivity index (χ0) is 22.8. The third-order valence-electron chi connectivity index (χ3n) is 5.76. The molecule has 0 aromatic heterocycles. The molecule has 1 unspecified atom stereocenters. The van der Waals surface area contributed by atoms with E-state index in [-0.39, 0.29) is 18.4 Å². The van der Waals surface area contributed by atoms with Gasteiger partial charge in [-0.3, -0.25) is 4.79 Å². The normalized spacial score (nSPS) is 15.5. The van der Waals surface area contributed by atoms with E-state index in [1.165, 1.54) is 0 Å². The Hall–Kier alpha value is -2.98. The highest BCUT2D eigenvalue weighted by atomic mass is 35.5. The predicted molar refractivity (Wildman–Crippen MR) is 129 cm³/mol. The third-order valence-corrected chi connectivity index (χ3v) is 6.17. The molecule has 32 heavy (non-hydrogen) atoms. The monoisotopic (exact) mass is 449 g/mol. The number of halogens is 1. The molecule has 5 heteroatoms. The Morgan fingerprint density at radius 2 is 1.69 bits per heavy atom. The molecule has 3 aromatic rings. The predicted octanol–water partition coefficient (Wildman–Crippen LogP) is 6.43. The van der Waals surface area contributed by atoms with E-state index < -0.39 is 0 Å². The molecule has 0 N–H and O–H groups in total. The molecule has 0 saturated carbocycles. The van der Waals surface area contributed by atoms with E-state index in [4.69, 9.17) is 21.1 Å². The van der Waals surface area contributed by atoms with Crippen LogP contribution in [0.15, 0.2) is 54.6 Å². The van der Waals surface area contributed by atoms with Gasteiger partial charge >= 0.3 is 0 Å². The highest BCUT2D eigenvalue weighted by Crippen LogP contribution is 2.44. The topological polar surface area (TPSA) is 38.8 Å². The summed E-state index contributed by atoms with van der Waals surface area (Å²) in [4.78, 5) is 15.4. The van der Waals surface area contributed by atoms with Crippen LogP contribution in [0, 0.1) is 13.8 Å². The molecule has 0 spiro atoms. The number of hydrogen-bond acceptors (Lipinski definition) is 3. The van der Waals surface area contributed by atoms with Crippen LogP contribution < -0.4 is 14.4 Å². The van der Waals surface area contributed by atoms with Gasteiger partial charge in [-0.1, -0.05) is 47.5 Å². The molecule has 166 valence electrons. The molecule has 4 rings (SSSR count). The largest absolute Gasteiger partial charge is 0.490 e. The van der Waals surface area contributed by atoms with Gasteiger partial charge in [0.2, 0.25) is 5.91 Å². The van der Waals surface area contributed by atoms with Crippen LogP contribution in [0.25, 0.3) is 0 Å². The van der Waals surface area contributed by atoms with Gasteiger partial charge in [0.25, 0.3) is 0 Å². The summed E-state index contributed by atoms with van der Waals surface area (Å²) in [5.74, 6) is 1.40. The van der Waals surface area contributed by atoms with Crippen molar-refractivity contribution in [3.63, 3.8) is 0 Å². The summed E-state index contributed by atoms with van der Waals surface area (Å²) in [6, 6.07) is 17.8. The number of carbonyl (C=O) groups is 1. The van der Waals surface area contributed by atoms with Crippen LogP contribution in [-0.4, -0.2) is 19.1 Å². The summed E-state index contributed by atoms with van der Waals surface area (Å²) < 4.78 is 11.7. The van der Waals surface area contributed by atoms with Crippen molar-refractivity contribution < 1.29 is 14.3 Å². The molecular weight excluding hydrogens is 422 g/mol. The molecule has 4 nitrogen and oxygen atoms in total. The summed E-state index contributed by atoms with van der Waals surface area (Å²) >= 11 is 6.45. The first-order chi connectivity index (χ1) is 15.4. The van der Waals surface area contributed by atoms with Gasteiger partial charge in [-0.25, -0.2) is 0 Å². The molecule has 1 atom stereocenters. The van der Waals surface area contributed by atoms with E-state index >= 15 is 0 Å². The van der Waals surface area contributed by atoms with Gasteiger partial charge in [0.1, 0.15) is 0 Å². The fraction of sp³-hybridized carbons (Fsp3) is 0.296. The minimum absolute atomic E-state index is 0.0236. The quantitative estimate of drug-likeness (QED) is 0.435. The first kappa shape index (κ1) is 22.2. The second-order valence-corrected chi connectivity index (χ2v) is 8.46. The molecule has 0 radical (unpaired) electrons. The van der Waals surface area contributed by atoms with Crippen molar-refractivity contribution in [3.05, 3.63) is 87.4 Å². The summed E-state index contributed by atoms with van der Waals surface area (Å²) in [5.41, 5.74) is 5.95. The number of rotatable bonds is 6. The van der Waals surface area contributed by atoms with Crippen LogP contribution in [0.4, 0.5) is 5.69 Å². The highest BCUT2D eigenvalue weighted by Gasteiger charge is 2.36. The number of nitrogens with zero attached hydrogens (tertiary/aromatic N) is 1. The van der Waals surface area contributed by atoms with E-state index in [1.807, 2.05) is 62.1 Å². The number of carbonyl (C=O) groups excluding carboxylic acids is 1. The Balaban J connectivity index is 1.94. The SMILES string of the molecule is CCOc1cc2c(cc1OCC)C(c1cccc(C)c1)N(c1ccc(C)c(Cl)c1)C(=O)C2. The maximum atomic E-state index is 13.5. The van der Waals surface area contributed by atoms with Gasteiger partial charge in [0, 0.05) is 10.7 Å². The number of ether oxygens (including phenoxy) is 2. The van der Waals surface area contributed by atoms with Gasteiger partial charge in [-0.15, -0.1) is 0 Å². The average Bonchev–Trinajstić information content (AvgIpc) is 2.76. The van der Waals surface area contributed by atoms with Gasteiger partial charge in [-0.2, -0.15) is 0 Å². The van der Waals surface area contributed by atoms with Crippen molar-refractivity contribution in [2.24, 2.45) is 0 Å². The highest BCUT2D eigenvalue weighted by molar-refractivity contribution is 6.31. The number of amides is 1. The zero-order valence-electron chi connectivity index (χ0n) is 18.9. The minimum atomic E-state index is -0.292. The lowest BCUT2D eigenvalue weighted by molar-refractivity contribution is -0.118. The van der Waals surface area contributed by atoms with Crippen molar-refractivity contribution in [3.8, 4) is 11.5 Å². The first-order valence-corrected chi connectivity index (χ1v) is 11.4. The maximum absolute atomic E-state index is 13.5. The molecule has 1 heterocycles. The lowest BCUT2D eigenvalue weighted by Crippen LogP contribution is -2.41. The van der Waals surface area contributed by atoms with Crippen LogP contribution in [0.2, 0.25) is 5.02 Å². The van der Waals surface area contributed by atoms with Crippen LogP contribution in [-0.2, 0) is 11.2 Å². The van der Waals surface area contributed by atoms with Crippen LogP contribution in [0.5, 0.6) is 11.5 Å². The Bertz CT molecular complexity index is 1160. The summed E-state index contributed by atoms with van der Waals surface area (Å²) in [6.45, 7) is 8.98. The zero-order valence-corrected chi connectivity index (χ0v) is 19.7. The van der Waals surface area contributed by atoms with Crippen molar-refractivity contribution in [1.82, 2.24) is 0 Å². The lowest BCUT2D eigenvalue weighted by Gasteiger charge is -2.38. The fourth-order valence-electron chi connectivity index (χ4n) is 4.29. The second-order valence-electron chi connectivity index (χ2n) is 8.05. The maximum Gasteiger partial charge on any atom is 0.232 e. The van der Waals surface area contributed by atoms with E-state index in [2.05, 4.69) is 25.1 Å². The molecule has 0 saturated heterocycles. The molecule has 0 fully saturated rings. The van der Waals surface area contributed by atoms with Crippen LogP contribution in [0.3, 0.4) is 0 Å². The van der Waals surface area contributed by atoms with Gasteiger partial charge < -0.3 is 14.4 Å². The first-order valence-electron chi connectivity index (χ1n) is 11.0. The van der Waals surface area contributed by atoms with Crippen molar-refractivity contribution >= 4 is 23.2 Å². The summed E-state index contributed by atoms with van der Waals surface area (Å²) in [5, 5.41) is 0.644. The van der Waals surface area contributed by atoms with Crippen LogP contribution in [0.1, 0.15) is 47.7 Å². The number of benzene rings is 3. The summed E-state index contributed by atoms with van der Waals surface area (Å²) in [6.07, 6.45) is 0.287. The molecule has 1 amide bonds. The number of aryl methyl sites for hydroxylation is 2. The number of anilines is 1. The van der Waals surface area contributed by atoms with E-state index in [0.29, 0.717) is 29.7 Å². The number of hydrogen-bond donors (Lipinski definition) is 0. The Labute approximate surface area is 194 Å². The van der Waals surface area contributed by atoms with E-state index in [9.17, 15) is 4.79 Å². The molecule has 0 bridgehead atoms. The second kappa shape index (κ2) is 9.25. The van der Waals surface area contributed by atoms with Gasteiger partial charge in [0.05, 0.1) is 25.7 Å². The molecule has 1 aliphatic rings. The third kappa shape index (κ3) is 4.20. The smallest absolute Gasteiger partial charge is 0.232 e. The van der Waals surface area contributed by atoms with Crippen LogP contribution >= 0.6 is 11.6 Å². The van der Waals surface area contributed by atoms with Crippen molar-refractivity contribution in [2.45, 2.75) is 40.2 Å².